The minimum absolute atomic E-state index is 0.0565. The summed E-state index contributed by atoms with van der Waals surface area (Å²) in [5, 5.41) is 21.8. The quantitative estimate of drug-likeness (QED) is 0.513. The van der Waals surface area contributed by atoms with E-state index in [0.29, 0.717) is 30.8 Å². The van der Waals surface area contributed by atoms with Crippen LogP contribution in [0.5, 0.6) is 5.75 Å². The molecule has 0 bridgehead atoms. The van der Waals surface area contributed by atoms with Gasteiger partial charge >= 0.3 is 12.1 Å². The molecule has 0 aromatic heterocycles. The van der Waals surface area contributed by atoms with Gasteiger partial charge in [-0.05, 0) is 17.5 Å². The minimum Gasteiger partial charge on any atom is -0.490 e. The summed E-state index contributed by atoms with van der Waals surface area (Å²) < 4.78 is 11.0. The van der Waals surface area contributed by atoms with Crippen molar-refractivity contribution in [3.8, 4) is 5.75 Å². The van der Waals surface area contributed by atoms with Gasteiger partial charge in [-0.15, -0.1) is 0 Å². The molecule has 1 aromatic carbocycles. The Morgan fingerprint density at radius 2 is 2.00 bits per heavy atom. The molecule has 186 valence electrons. The number of nitrogens with one attached hydrogen (secondary N) is 1. The fourth-order valence-electron chi connectivity index (χ4n) is 4.42. The van der Waals surface area contributed by atoms with Gasteiger partial charge in [0.25, 0.3) is 5.91 Å². The Balaban J connectivity index is 1.75. The van der Waals surface area contributed by atoms with Crippen LogP contribution in [-0.2, 0) is 14.3 Å². The Morgan fingerprint density at radius 1 is 1.26 bits per heavy atom. The van der Waals surface area contributed by atoms with Gasteiger partial charge in [0, 0.05) is 43.7 Å². The first-order chi connectivity index (χ1) is 16.0. The molecule has 0 saturated carbocycles. The van der Waals surface area contributed by atoms with Crippen molar-refractivity contribution in [2.45, 2.75) is 45.8 Å². The Morgan fingerprint density at radius 3 is 2.62 bits per heavy atom. The molecule has 2 atom stereocenters. The lowest BCUT2D eigenvalue weighted by Gasteiger charge is -2.44. The third-order valence-electron chi connectivity index (χ3n) is 6.16. The van der Waals surface area contributed by atoms with Gasteiger partial charge in [-0.3, -0.25) is 4.79 Å². The van der Waals surface area contributed by atoms with Crippen LogP contribution in [0.2, 0.25) is 0 Å². The molecule has 2 unspecified atom stereocenters. The highest BCUT2D eigenvalue weighted by Crippen LogP contribution is 2.34. The van der Waals surface area contributed by atoms with Crippen LogP contribution >= 0.6 is 0 Å². The summed E-state index contributed by atoms with van der Waals surface area (Å²) in [6.07, 6.45) is 0.0615. The van der Waals surface area contributed by atoms with E-state index in [1.54, 1.807) is 24.3 Å². The van der Waals surface area contributed by atoms with Crippen LogP contribution in [0.25, 0.3) is 0 Å². The summed E-state index contributed by atoms with van der Waals surface area (Å²) in [6, 6.07) is 6.88. The summed E-state index contributed by atoms with van der Waals surface area (Å²) in [5.74, 6) is -0.429. The third-order valence-corrected chi connectivity index (χ3v) is 6.16. The van der Waals surface area contributed by atoms with Crippen LogP contribution < -0.4 is 10.1 Å². The SMILES string of the molecule is COC(=O)C1=C(Nc2cccc(OC3CCN(C(=O)O)C(C(C)(C)C)C3)c2)C(=O)N(CCO)C1. The van der Waals surface area contributed by atoms with Crippen LogP contribution in [0.3, 0.4) is 0 Å². The molecule has 2 amide bonds. The number of carboxylic acid groups (broad SMARTS) is 1. The zero-order valence-electron chi connectivity index (χ0n) is 20.0. The monoisotopic (exact) mass is 475 g/mol. The lowest BCUT2D eigenvalue weighted by atomic mass is 9.80. The molecular formula is C24H33N3O7. The average Bonchev–Trinajstić information content (AvgIpc) is 3.08. The topological polar surface area (TPSA) is 129 Å². The number of amides is 2. The summed E-state index contributed by atoms with van der Waals surface area (Å²) in [4.78, 5) is 39.5. The van der Waals surface area contributed by atoms with E-state index in [1.165, 1.54) is 16.9 Å². The number of esters is 1. The summed E-state index contributed by atoms with van der Waals surface area (Å²) in [7, 11) is 1.25. The second-order valence-corrected chi connectivity index (χ2v) is 9.57. The number of carbonyl (C=O) groups is 3. The van der Waals surface area contributed by atoms with Crippen molar-refractivity contribution in [1.82, 2.24) is 9.80 Å². The van der Waals surface area contributed by atoms with Gasteiger partial charge in [0.1, 0.15) is 17.6 Å². The molecule has 10 nitrogen and oxygen atoms in total. The van der Waals surface area contributed by atoms with Crippen LogP contribution in [-0.4, -0.2) is 83.5 Å². The maximum absolute atomic E-state index is 12.8. The number of piperidine rings is 1. The predicted molar refractivity (Wildman–Crippen MR) is 124 cm³/mol. The molecule has 10 heteroatoms. The average molecular weight is 476 g/mol. The number of hydrogen-bond acceptors (Lipinski definition) is 7. The zero-order valence-corrected chi connectivity index (χ0v) is 20.0. The molecule has 1 saturated heterocycles. The Kier molecular flexibility index (Phi) is 7.71. The molecule has 34 heavy (non-hydrogen) atoms. The number of likely N-dealkylation sites (tertiary alicyclic amines) is 1. The molecule has 3 rings (SSSR count). The van der Waals surface area contributed by atoms with Crippen molar-refractivity contribution in [2.24, 2.45) is 5.41 Å². The van der Waals surface area contributed by atoms with E-state index >= 15 is 0 Å². The van der Waals surface area contributed by atoms with Crippen molar-refractivity contribution in [3.63, 3.8) is 0 Å². The smallest absolute Gasteiger partial charge is 0.407 e. The Bertz CT molecular complexity index is 970. The van der Waals surface area contributed by atoms with Crippen molar-refractivity contribution in [3.05, 3.63) is 35.5 Å². The maximum Gasteiger partial charge on any atom is 0.407 e. The summed E-state index contributed by atoms with van der Waals surface area (Å²) in [6.45, 7) is 6.40. The van der Waals surface area contributed by atoms with Gasteiger partial charge in [0.05, 0.1) is 25.8 Å². The molecule has 3 N–H and O–H groups in total. The van der Waals surface area contributed by atoms with E-state index in [1.807, 2.05) is 20.8 Å². The number of carbonyl (C=O) groups excluding carboxylic acids is 2. The predicted octanol–water partition coefficient (Wildman–Crippen LogP) is 2.30. The van der Waals surface area contributed by atoms with Gasteiger partial charge in [-0.25, -0.2) is 9.59 Å². The second-order valence-electron chi connectivity index (χ2n) is 9.57. The highest BCUT2D eigenvalue weighted by molar-refractivity contribution is 6.08. The number of hydrogen-bond donors (Lipinski definition) is 3. The standard InChI is InChI=1S/C24H33N3O7/c1-24(2,3)19-13-17(8-9-27(19)23(31)32)34-16-7-5-6-15(12-16)25-20-18(22(30)33-4)14-26(10-11-28)21(20)29/h5-7,12,17,19,25,28H,8-11,13-14H2,1-4H3,(H,31,32). The van der Waals surface area contributed by atoms with Gasteiger partial charge < -0.3 is 34.8 Å². The van der Waals surface area contributed by atoms with Crippen LogP contribution in [0.15, 0.2) is 35.5 Å². The highest BCUT2D eigenvalue weighted by Gasteiger charge is 2.39. The van der Waals surface area contributed by atoms with E-state index in [9.17, 15) is 24.6 Å². The molecular weight excluding hydrogens is 442 g/mol. The second kappa shape index (κ2) is 10.3. The number of methoxy groups -OCH3 is 1. The number of rotatable bonds is 7. The molecule has 2 heterocycles. The first-order valence-electron chi connectivity index (χ1n) is 11.3. The van der Waals surface area contributed by atoms with E-state index in [2.05, 4.69) is 5.32 Å². The molecule has 0 radical (unpaired) electrons. The first kappa shape index (κ1) is 25.4. The number of β-amino-alcohol motifs (C(OH)–C–C–N with tert-alkyl or cyclic N) is 1. The number of aliphatic hydroxyl groups excluding tert-OH is 1. The van der Waals surface area contributed by atoms with E-state index < -0.39 is 18.0 Å². The van der Waals surface area contributed by atoms with Crippen LogP contribution in [0, 0.1) is 5.41 Å². The van der Waals surface area contributed by atoms with E-state index in [-0.39, 0.29) is 48.5 Å². The fraction of sp³-hybridized carbons (Fsp3) is 0.542. The van der Waals surface area contributed by atoms with Gasteiger partial charge in [-0.1, -0.05) is 26.8 Å². The number of nitrogens with zero attached hydrogens (tertiary/aromatic N) is 2. The van der Waals surface area contributed by atoms with Gasteiger partial charge in [0.2, 0.25) is 0 Å². The Hall–Kier alpha value is -3.27. The van der Waals surface area contributed by atoms with Crippen molar-refractivity contribution in [1.29, 1.82) is 0 Å². The van der Waals surface area contributed by atoms with Crippen molar-refractivity contribution < 1.29 is 34.1 Å². The summed E-state index contributed by atoms with van der Waals surface area (Å²) >= 11 is 0. The summed E-state index contributed by atoms with van der Waals surface area (Å²) in [5.41, 5.74) is 0.633. The zero-order chi connectivity index (χ0) is 25.0. The normalized spacial score (nSPS) is 21.0. The van der Waals surface area contributed by atoms with Gasteiger partial charge in [-0.2, -0.15) is 0 Å². The largest absolute Gasteiger partial charge is 0.490 e. The van der Waals surface area contributed by atoms with Gasteiger partial charge in [0.15, 0.2) is 0 Å². The van der Waals surface area contributed by atoms with E-state index in [0.717, 1.165) is 0 Å². The maximum atomic E-state index is 12.8. The number of benzene rings is 1. The number of aliphatic hydroxyl groups is 1. The third kappa shape index (κ3) is 5.61. The Labute approximate surface area is 199 Å². The molecule has 2 aliphatic rings. The van der Waals surface area contributed by atoms with Crippen molar-refractivity contribution in [2.75, 3.05) is 38.7 Å². The molecule has 1 fully saturated rings. The minimum atomic E-state index is -0.921. The molecule has 1 aromatic rings. The van der Waals surface area contributed by atoms with Crippen LogP contribution in [0.4, 0.5) is 10.5 Å². The lowest BCUT2D eigenvalue weighted by molar-refractivity contribution is -0.136. The van der Waals surface area contributed by atoms with Crippen molar-refractivity contribution >= 4 is 23.7 Å². The lowest BCUT2D eigenvalue weighted by Crippen LogP contribution is -2.53. The highest BCUT2D eigenvalue weighted by atomic mass is 16.5. The number of anilines is 1. The van der Waals surface area contributed by atoms with E-state index in [4.69, 9.17) is 9.47 Å². The molecule has 0 aliphatic carbocycles. The molecule has 0 spiro atoms. The van der Waals surface area contributed by atoms with Crippen LogP contribution in [0.1, 0.15) is 33.6 Å². The first-order valence-corrected chi connectivity index (χ1v) is 11.3. The fourth-order valence-corrected chi connectivity index (χ4v) is 4.42. The number of ether oxygens (including phenoxy) is 2. The molecule has 2 aliphatic heterocycles.